The van der Waals surface area contributed by atoms with Crippen LogP contribution in [0.25, 0.3) is 0 Å². The molecular formula is C7H16ClNS. The highest BCUT2D eigenvalue weighted by Crippen LogP contribution is 2.03. The van der Waals surface area contributed by atoms with Crippen molar-refractivity contribution in [1.82, 2.24) is 5.32 Å². The second-order valence-corrected chi connectivity index (χ2v) is 4.19. The Balaban J connectivity index is 3.28. The molecule has 1 nitrogen and oxygen atoms in total. The monoisotopic (exact) mass is 181 g/mol. The van der Waals surface area contributed by atoms with Gasteiger partial charge in [-0.25, -0.2) is 0 Å². The molecule has 0 unspecified atom stereocenters. The third-order valence-corrected chi connectivity index (χ3v) is 2.52. The van der Waals surface area contributed by atoms with Crippen molar-refractivity contribution in [3.63, 3.8) is 0 Å². The number of halogens is 1. The largest absolute Gasteiger partial charge is 0.310 e. The Morgan fingerprint density at radius 3 is 2.50 bits per heavy atom. The summed E-state index contributed by atoms with van der Waals surface area (Å²) in [5.41, 5.74) is 0.0945. The van der Waals surface area contributed by atoms with Crippen LogP contribution in [0, 0.1) is 0 Å². The lowest BCUT2D eigenvalue weighted by atomic mass is 10.1. The molecular weight excluding hydrogens is 166 g/mol. The van der Waals surface area contributed by atoms with E-state index in [0.717, 1.165) is 12.3 Å². The molecule has 0 aromatic carbocycles. The fraction of sp³-hybridized carbons (Fsp3) is 1.00. The average molecular weight is 182 g/mol. The molecule has 10 heavy (non-hydrogen) atoms. The van der Waals surface area contributed by atoms with Gasteiger partial charge >= 0.3 is 0 Å². The van der Waals surface area contributed by atoms with Gasteiger partial charge < -0.3 is 5.32 Å². The molecule has 0 rings (SSSR count). The third-order valence-electron chi connectivity index (χ3n) is 1.24. The standard InChI is InChI=1S/C7H16ClNS/c1-7(2,6-8)9-4-5-10-3/h9H,4-6H2,1-3H3. The molecule has 0 aliphatic heterocycles. The minimum atomic E-state index is 0.0945. The Hall–Kier alpha value is 0.600. The van der Waals surface area contributed by atoms with Crippen LogP contribution in [0.15, 0.2) is 0 Å². The Kier molecular flexibility index (Phi) is 5.59. The zero-order chi connectivity index (χ0) is 8.04. The van der Waals surface area contributed by atoms with Gasteiger partial charge in [0.2, 0.25) is 0 Å². The molecule has 1 N–H and O–H groups in total. The van der Waals surface area contributed by atoms with Crippen molar-refractivity contribution in [3.05, 3.63) is 0 Å². The number of hydrogen-bond acceptors (Lipinski definition) is 2. The SMILES string of the molecule is CSCCNC(C)(C)CCl. The molecule has 0 heterocycles. The van der Waals surface area contributed by atoms with Crippen molar-refractivity contribution in [1.29, 1.82) is 0 Å². The normalized spacial score (nSPS) is 12.0. The van der Waals surface area contributed by atoms with E-state index >= 15 is 0 Å². The summed E-state index contributed by atoms with van der Waals surface area (Å²) >= 11 is 7.55. The van der Waals surface area contributed by atoms with E-state index in [9.17, 15) is 0 Å². The van der Waals surface area contributed by atoms with Crippen LogP contribution in [0.1, 0.15) is 13.8 Å². The van der Waals surface area contributed by atoms with Crippen LogP contribution in [0.2, 0.25) is 0 Å². The van der Waals surface area contributed by atoms with E-state index in [-0.39, 0.29) is 5.54 Å². The van der Waals surface area contributed by atoms with Crippen LogP contribution in [0.5, 0.6) is 0 Å². The Bertz CT molecular complexity index is 85.7. The first-order valence-corrected chi connectivity index (χ1v) is 5.35. The predicted molar refractivity (Wildman–Crippen MR) is 51.2 cm³/mol. The fourth-order valence-electron chi connectivity index (χ4n) is 0.539. The molecule has 0 saturated carbocycles. The fourth-order valence-corrected chi connectivity index (χ4v) is 0.939. The van der Waals surface area contributed by atoms with E-state index in [1.165, 1.54) is 0 Å². The first-order valence-electron chi connectivity index (χ1n) is 3.42. The summed E-state index contributed by atoms with van der Waals surface area (Å²) in [4.78, 5) is 0. The Morgan fingerprint density at radius 1 is 1.50 bits per heavy atom. The summed E-state index contributed by atoms with van der Waals surface area (Å²) in [6, 6.07) is 0. The highest BCUT2D eigenvalue weighted by molar-refractivity contribution is 7.98. The van der Waals surface area contributed by atoms with E-state index in [4.69, 9.17) is 11.6 Å². The van der Waals surface area contributed by atoms with Crippen molar-refractivity contribution in [3.8, 4) is 0 Å². The molecule has 0 aliphatic rings. The molecule has 0 aromatic heterocycles. The highest BCUT2D eigenvalue weighted by atomic mass is 35.5. The second kappa shape index (κ2) is 5.28. The molecule has 0 aromatic rings. The number of alkyl halides is 1. The summed E-state index contributed by atoms with van der Waals surface area (Å²) in [6.07, 6.45) is 2.11. The smallest absolute Gasteiger partial charge is 0.0400 e. The van der Waals surface area contributed by atoms with Crippen molar-refractivity contribution >= 4 is 23.4 Å². The maximum atomic E-state index is 5.70. The summed E-state index contributed by atoms with van der Waals surface area (Å²) in [6.45, 7) is 5.27. The van der Waals surface area contributed by atoms with Gasteiger partial charge in [-0.15, -0.1) is 11.6 Å². The maximum absolute atomic E-state index is 5.70. The van der Waals surface area contributed by atoms with E-state index in [0.29, 0.717) is 5.88 Å². The molecule has 3 heteroatoms. The molecule has 0 atom stereocenters. The van der Waals surface area contributed by atoms with Gasteiger partial charge in [0.25, 0.3) is 0 Å². The van der Waals surface area contributed by atoms with Crippen molar-refractivity contribution in [2.75, 3.05) is 24.4 Å². The van der Waals surface area contributed by atoms with Gasteiger partial charge in [-0.1, -0.05) is 0 Å². The lowest BCUT2D eigenvalue weighted by molar-refractivity contribution is 0.446. The molecule has 0 amide bonds. The zero-order valence-electron chi connectivity index (χ0n) is 6.91. The zero-order valence-corrected chi connectivity index (χ0v) is 8.48. The van der Waals surface area contributed by atoms with Gasteiger partial charge in [-0.05, 0) is 20.1 Å². The van der Waals surface area contributed by atoms with Crippen LogP contribution in [-0.4, -0.2) is 30.0 Å². The Morgan fingerprint density at radius 2 is 2.10 bits per heavy atom. The van der Waals surface area contributed by atoms with E-state index in [1.807, 2.05) is 11.8 Å². The first-order chi connectivity index (χ1) is 4.62. The van der Waals surface area contributed by atoms with Crippen molar-refractivity contribution < 1.29 is 0 Å². The van der Waals surface area contributed by atoms with Gasteiger partial charge in [0, 0.05) is 23.7 Å². The van der Waals surface area contributed by atoms with Crippen LogP contribution in [-0.2, 0) is 0 Å². The molecule has 0 aliphatic carbocycles. The molecule has 0 spiro atoms. The highest BCUT2D eigenvalue weighted by Gasteiger charge is 2.13. The van der Waals surface area contributed by atoms with Crippen molar-refractivity contribution in [2.24, 2.45) is 0 Å². The summed E-state index contributed by atoms with van der Waals surface area (Å²) in [5.74, 6) is 1.82. The summed E-state index contributed by atoms with van der Waals surface area (Å²) in [5, 5.41) is 3.36. The average Bonchev–Trinajstić information content (AvgIpc) is 1.89. The number of rotatable bonds is 5. The quantitative estimate of drug-likeness (QED) is 0.514. The van der Waals surface area contributed by atoms with E-state index < -0.39 is 0 Å². The number of thioether (sulfide) groups is 1. The number of nitrogens with one attached hydrogen (secondary N) is 1. The van der Waals surface area contributed by atoms with Gasteiger partial charge in [0.15, 0.2) is 0 Å². The van der Waals surface area contributed by atoms with Crippen molar-refractivity contribution in [2.45, 2.75) is 19.4 Å². The van der Waals surface area contributed by atoms with Gasteiger partial charge in [-0.3, -0.25) is 0 Å². The van der Waals surface area contributed by atoms with E-state index in [1.54, 1.807) is 0 Å². The third kappa shape index (κ3) is 5.39. The van der Waals surface area contributed by atoms with Crippen LogP contribution in [0.4, 0.5) is 0 Å². The lowest BCUT2D eigenvalue weighted by Gasteiger charge is -2.22. The minimum absolute atomic E-state index is 0.0945. The summed E-state index contributed by atoms with van der Waals surface area (Å²) in [7, 11) is 0. The molecule has 0 radical (unpaired) electrons. The first kappa shape index (κ1) is 10.6. The molecule has 0 bridgehead atoms. The van der Waals surface area contributed by atoms with Crippen LogP contribution >= 0.6 is 23.4 Å². The Labute approximate surface area is 72.9 Å². The van der Waals surface area contributed by atoms with Gasteiger partial charge in [0.1, 0.15) is 0 Å². The van der Waals surface area contributed by atoms with E-state index in [2.05, 4.69) is 25.4 Å². The number of hydrogen-bond donors (Lipinski definition) is 1. The van der Waals surface area contributed by atoms with Crippen LogP contribution < -0.4 is 5.32 Å². The minimum Gasteiger partial charge on any atom is -0.310 e. The second-order valence-electron chi connectivity index (χ2n) is 2.94. The maximum Gasteiger partial charge on any atom is 0.0400 e. The summed E-state index contributed by atoms with van der Waals surface area (Å²) < 4.78 is 0. The van der Waals surface area contributed by atoms with Gasteiger partial charge in [-0.2, -0.15) is 11.8 Å². The topological polar surface area (TPSA) is 12.0 Å². The lowest BCUT2D eigenvalue weighted by Crippen LogP contribution is -2.42. The molecule has 62 valence electrons. The van der Waals surface area contributed by atoms with Gasteiger partial charge in [0.05, 0.1) is 0 Å². The van der Waals surface area contributed by atoms with Crippen LogP contribution in [0.3, 0.4) is 0 Å². The predicted octanol–water partition coefficient (Wildman–Crippen LogP) is 1.96. The molecule has 0 saturated heterocycles. The molecule has 0 fully saturated rings.